The molecule has 0 bridgehead atoms. The number of benzene rings is 2. The van der Waals surface area contributed by atoms with Crippen LogP contribution in [0.3, 0.4) is 0 Å². The number of Topliss-reactive ketones (excluding diaryl/α,β-unsaturated/α-hetero) is 1. The Hall–Kier alpha value is -3.19. The summed E-state index contributed by atoms with van der Waals surface area (Å²) in [5.41, 5.74) is 1.89. The third-order valence-electron chi connectivity index (χ3n) is 6.67. The lowest BCUT2D eigenvalue weighted by atomic mass is 9.95. The van der Waals surface area contributed by atoms with Gasteiger partial charge in [-0.15, -0.1) is 0 Å². The number of hydrogen-bond donors (Lipinski definition) is 2. The van der Waals surface area contributed by atoms with Gasteiger partial charge < -0.3 is 15.0 Å². The molecule has 1 amide bonds. The molecular formula is C24H26N4O3. The van der Waals surface area contributed by atoms with E-state index in [1.165, 1.54) is 28.9 Å². The third kappa shape index (κ3) is 3.11. The van der Waals surface area contributed by atoms with E-state index in [4.69, 9.17) is 0 Å². The average molecular weight is 418 g/mol. The van der Waals surface area contributed by atoms with E-state index in [0.29, 0.717) is 6.54 Å². The standard InChI is InChI=1S/C24H26N4O3/c1-25-23(31)21-22(30)20(29)14-27(26-21)15-24(12-6-7-13-24)28-18-10-4-2-8-16(18)17-9-3-5-11-19(17)28/h2-5,8-11,20,29H,6-7,12-15H2,1H3,(H,25,31). The molecule has 5 rings (SSSR count). The van der Waals surface area contributed by atoms with Crippen molar-refractivity contribution in [1.82, 2.24) is 14.9 Å². The van der Waals surface area contributed by atoms with Crippen molar-refractivity contribution in [2.24, 2.45) is 5.10 Å². The number of nitrogens with zero attached hydrogens (tertiary/aromatic N) is 3. The minimum atomic E-state index is -1.25. The van der Waals surface area contributed by atoms with Crippen molar-refractivity contribution in [3.8, 4) is 0 Å². The molecule has 1 aromatic heterocycles. The largest absolute Gasteiger partial charge is 0.383 e. The summed E-state index contributed by atoms with van der Waals surface area (Å²) in [6, 6.07) is 16.9. The van der Waals surface area contributed by atoms with Crippen LogP contribution in [0.5, 0.6) is 0 Å². The van der Waals surface area contributed by atoms with E-state index in [-0.39, 0.29) is 17.8 Å². The van der Waals surface area contributed by atoms with E-state index in [0.717, 1.165) is 25.7 Å². The molecule has 3 aromatic rings. The first-order chi connectivity index (χ1) is 15.0. The first-order valence-electron chi connectivity index (χ1n) is 10.8. The number of aliphatic hydroxyl groups is 1. The molecule has 1 atom stereocenters. The molecule has 7 heteroatoms. The zero-order valence-corrected chi connectivity index (χ0v) is 17.5. The summed E-state index contributed by atoms with van der Waals surface area (Å²) in [6.45, 7) is 0.624. The van der Waals surface area contributed by atoms with Gasteiger partial charge in [-0.1, -0.05) is 49.2 Å². The lowest BCUT2D eigenvalue weighted by molar-refractivity contribution is -0.125. The smallest absolute Gasteiger partial charge is 0.275 e. The average Bonchev–Trinajstić information content (AvgIpc) is 3.38. The molecule has 1 aliphatic heterocycles. The number of rotatable bonds is 4. The predicted octanol–water partition coefficient (Wildman–Crippen LogP) is 2.41. The van der Waals surface area contributed by atoms with Gasteiger partial charge in [0.25, 0.3) is 5.91 Å². The number of nitrogens with one attached hydrogen (secondary N) is 1. The quantitative estimate of drug-likeness (QED) is 0.681. The molecule has 31 heavy (non-hydrogen) atoms. The lowest BCUT2D eigenvalue weighted by Gasteiger charge is -2.38. The van der Waals surface area contributed by atoms with Gasteiger partial charge in [-0.25, -0.2) is 0 Å². The second-order valence-electron chi connectivity index (χ2n) is 8.56. The van der Waals surface area contributed by atoms with Crippen molar-refractivity contribution in [3.63, 3.8) is 0 Å². The first-order valence-corrected chi connectivity index (χ1v) is 10.8. The molecule has 2 aliphatic rings. The number of carbonyl (C=O) groups is 2. The summed E-state index contributed by atoms with van der Waals surface area (Å²) < 4.78 is 2.43. The van der Waals surface area contributed by atoms with Gasteiger partial charge in [-0.05, 0) is 25.0 Å². The maximum atomic E-state index is 12.3. The van der Waals surface area contributed by atoms with Crippen LogP contribution in [-0.4, -0.2) is 58.3 Å². The van der Waals surface area contributed by atoms with Crippen LogP contribution in [0.15, 0.2) is 53.6 Å². The van der Waals surface area contributed by atoms with Gasteiger partial charge in [0.1, 0.15) is 6.10 Å². The van der Waals surface area contributed by atoms with Gasteiger partial charge in [0.2, 0.25) is 5.78 Å². The Morgan fingerprint density at radius 1 is 1.10 bits per heavy atom. The van der Waals surface area contributed by atoms with Crippen LogP contribution in [-0.2, 0) is 15.1 Å². The number of amides is 1. The fourth-order valence-corrected chi connectivity index (χ4v) is 5.31. The van der Waals surface area contributed by atoms with Gasteiger partial charge in [-0.3, -0.25) is 14.6 Å². The number of para-hydroxylation sites is 2. The van der Waals surface area contributed by atoms with Crippen LogP contribution in [0.25, 0.3) is 21.8 Å². The number of aliphatic hydroxyl groups excluding tert-OH is 1. The van der Waals surface area contributed by atoms with Crippen molar-refractivity contribution in [1.29, 1.82) is 0 Å². The Labute approximate surface area is 180 Å². The summed E-state index contributed by atoms with van der Waals surface area (Å²) in [4.78, 5) is 24.5. The molecule has 0 spiro atoms. The van der Waals surface area contributed by atoms with E-state index in [1.807, 2.05) is 0 Å². The predicted molar refractivity (Wildman–Crippen MR) is 120 cm³/mol. The van der Waals surface area contributed by atoms with E-state index >= 15 is 0 Å². The van der Waals surface area contributed by atoms with Crippen LogP contribution < -0.4 is 5.32 Å². The molecule has 1 fully saturated rings. The molecule has 2 heterocycles. The van der Waals surface area contributed by atoms with E-state index in [1.54, 1.807) is 5.01 Å². The second kappa shape index (κ2) is 7.50. The molecule has 0 radical (unpaired) electrons. The lowest BCUT2D eigenvalue weighted by Crippen LogP contribution is -2.52. The van der Waals surface area contributed by atoms with Gasteiger partial charge in [0.15, 0.2) is 5.71 Å². The summed E-state index contributed by atoms with van der Waals surface area (Å²) >= 11 is 0. The minimum absolute atomic E-state index is 0.0954. The van der Waals surface area contributed by atoms with Crippen molar-refractivity contribution in [2.75, 3.05) is 20.1 Å². The Morgan fingerprint density at radius 2 is 1.68 bits per heavy atom. The van der Waals surface area contributed by atoms with Gasteiger partial charge in [0.05, 0.1) is 18.6 Å². The van der Waals surface area contributed by atoms with Crippen molar-refractivity contribution < 1.29 is 14.7 Å². The molecule has 2 aromatic carbocycles. The number of ketones is 1. The zero-order valence-electron chi connectivity index (χ0n) is 17.5. The van der Waals surface area contributed by atoms with Crippen LogP contribution in [0.1, 0.15) is 25.7 Å². The topological polar surface area (TPSA) is 86.9 Å². The highest BCUT2D eigenvalue weighted by Crippen LogP contribution is 2.43. The molecule has 0 saturated heterocycles. The highest BCUT2D eigenvalue weighted by atomic mass is 16.3. The van der Waals surface area contributed by atoms with Crippen LogP contribution in [0, 0.1) is 0 Å². The van der Waals surface area contributed by atoms with Crippen molar-refractivity contribution >= 4 is 39.2 Å². The highest BCUT2D eigenvalue weighted by Gasteiger charge is 2.42. The second-order valence-corrected chi connectivity index (χ2v) is 8.56. The van der Waals surface area contributed by atoms with Gasteiger partial charge in [-0.2, -0.15) is 5.10 Å². The monoisotopic (exact) mass is 418 g/mol. The Balaban J connectivity index is 1.64. The highest BCUT2D eigenvalue weighted by molar-refractivity contribution is 6.66. The zero-order chi connectivity index (χ0) is 21.6. The van der Waals surface area contributed by atoms with Crippen LogP contribution in [0.4, 0.5) is 0 Å². The summed E-state index contributed by atoms with van der Waals surface area (Å²) in [5, 5.41) is 21.3. The van der Waals surface area contributed by atoms with E-state index < -0.39 is 17.8 Å². The maximum absolute atomic E-state index is 12.3. The summed E-state index contributed by atoms with van der Waals surface area (Å²) in [7, 11) is 1.46. The third-order valence-corrected chi connectivity index (χ3v) is 6.67. The normalized spacial score (nSPS) is 21.0. The van der Waals surface area contributed by atoms with Crippen molar-refractivity contribution in [3.05, 3.63) is 48.5 Å². The van der Waals surface area contributed by atoms with Gasteiger partial charge >= 0.3 is 0 Å². The Kier molecular flexibility index (Phi) is 4.78. The minimum Gasteiger partial charge on any atom is -0.383 e. The number of carbonyl (C=O) groups excluding carboxylic acids is 2. The number of aromatic nitrogens is 1. The number of β-amino-alcohol motifs (C(OH)–C–C–N with tert-alkyl or cyclic N) is 1. The molecule has 1 aliphatic carbocycles. The fraction of sp³-hybridized carbons (Fsp3) is 0.375. The molecule has 160 valence electrons. The summed E-state index contributed by atoms with van der Waals surface area (Å²) in [6.07, 6.45) is 2.90. The molecule has 7 nitrogen and oxygen atoms in total. The number of hydrazone groups is 1. The van der Waals surface area contributed by atoms with Gasteiger partial charge in [0, 0.05) is 28.9 Å². The molecule has 1 unspecified atom stereocenters. The molecule has 2 N–H and O–H groups in total. The maximum Gasteiger partial charge on any atom is 0.275 e. The van der Waals surface area contributed by atoms with Crippen molar-refractivity contribution in [2.45, 2.75) is 37.3 Å². The Morgan fingerprint density at radius 3 is 2.26 bits per heavy atom. The molecule has 1 saturated carbocycles. The van der Waals surface area contributed by atoms with Crippen LogP contribution >= 0.6 is 0 Å². The number of hydrogen-bond acceptors (Lipinski definition) is 5. The number of fused-ring (bicyclic) bond motifs is 3. The van der Waals surface area contributed by atoms with E-state index in [9.17, 15) is 14.7 Å². The van der Waals surface area contributed by atoms with Crippen LogP contribution in [0.2, 0.25) is 0 Å². The first kappa shape index (κ1) is 19.8. The summed E-state index contributed by atoms with van der Waals surface area (Å²) in [5.74, 6) is -1.18. The Bertz CT molecular complexity index is 1150. The van der Waals surface area contributed by atoms with E-state index in [2.05, 4.69) is 63.5 Å². The molecular weight excluding hydrogens is 392 g/mol. The fourth-order valence-electron chi connectivity index (χ4n) is 5.31. The SMILES string of the molecule is CNC(=O)C1=NN(CC2(n3c4ccccc4c4ccccc43)CCCC2)CC(O)C1=O.